The maximum absolute atomic E-state index is 13.1. The van der Waals surface area contributed by atoms with Crippen LogP contribution in [0, 0.1) is 12.7 Å². The monoisotopic (exact) mass is 270 g/mol. The van der Waals surface area contributed by atoms with Crippen LogP contribution in [-0.4, -0.2) is 5.11 Å². The lowest BCUT2D eigenvalue weighted by Crippen LogP contribution is -2.02. The summed E-state index contributed by atoms with van der Waals surface area (Å²) in [5.41, 5.74) is 2.51. The Morgan fingerprint density at radius 3 is 2.70 bits per heavy atom. The summed E-state index contributed by atoms with van der Waals surface area (Å²) in [7, 11) is 0. The largest absolute Gasteiger partial charge is 0.458 e. The quantitative estimate of drug-likeness (QED) is 0.775. The minimum Gasteiger partial charge on any atom is -0.458 e. The Labute approximate surface area is 116 Å². The van der Waals surface area contributed by atoms with E-state index in [1.807, 2.05) is 37.3 Å². The summed E-state index contributed by atoms with van der Waals surface area (Å²) in [6.45, 7) is 1.84. The SMILES string of the molecule is Cc1cc(F)ccc1CC(O)c1cc2ccccc2o1. The zero-order chi connectivity index (χ0) is 14.1. The summed E-state index contributed by atoms with van der Waals surface area (Å²) in [6.07, 6.45) is -0.321. The number of hydrogen-bond donors (Lipinski definition) is 1. The molecule has 1 aromatic heterocycles. The fourth-order valence-electron chi connectivity index (χ4n) is 2.36. The predicted octanol–water partition coefficient (Wildman–Crippen LogP) is 4.16. The Morgan fingerprint density at radius 2 is 1.95 bits per heavy atom. The van der Waals surface area contributed by atoms with Crippen LogP contribution in [0.3, 0.4) is 0 Å². The Morgan fingerprint density at radius 1 is 1.15 bits per heavy atom. The van der Waals surface area contributed by atoms with Gasteiger partial charge >= 0.3 is 0 Å². The zero-order valence-corrected chi connectivity index (χ0v) is 11.1. The minimum absolute atomic E-state index is 0.260. The molecule has 0 aliphatic heterocycles. The first-order chi connectivity index (χ1) is 9.63. The topological polar surface area (TPSA) is 33.4 Å². The number of hydrogen-bond acceptors (Lipinski definition) is 2. The maximum Gasteiger partial charge on any atom is 0.134 e. The summed E-state index contributed by atoms with van der Waals surface area (Å²) in [6, 6.07) is 14.1. The van der Waals surface area contributed by atoms with E-state index in [1.165, 1.54) is 12.1 Å². The molecular weight excluding hydrogens is 255 g/mol. The van der Waals surface area contributed by atoms with Crippen molar-refractivity contribution in [1.29, 1.82) is 0 Å². The van der Waals surface area contributed by atoms with Crippen molar-refractivity contribution in [2.75, 3.05) is 0 Å². The lowest BCUT2D eigenvalue weighted by Gasteiger charge is -2.10. The van der Waals surface area contributed by atoms with Crippen molar-refractivity contribution in [3.63, 3.8) is 0 Å². The van der Waals surface area contributed by atoms with Gasteiger partial charge in [0.2, 0.25) is 0 Å². The molecule has 102 valence electrons. The lowest BCUT2D eigenvalue weighted by molar-refractivity contribution is 0.152. The van der Waals surface area contributed by atoms with Crippen molar-refractivity contribution in [3.05, 3.63) is 71.2 Å². The van der Waals surface area contributed by atoms with Gasteiger partial charge in [0.1, 0.15) is 23.3 Å². The van der Waals surface area contributed by atoms with Gasteiger partial charge in [-0.05, 0) is 42.3 Å². The smallest absolute Gasteiger partial charge is 0.134 e. The van der Waals surface area contributed by atoms with Crippen molar-refractivity contribution >= 4 is 11.0 Å². The second-order valence-electron chi connectivity index (χ2n) is 4.98. The summed E-state index contributed by atoms with van der Waals surface area (Å²) in [5.74, 6) is 0.277. The normalized spacial score (nSPS) is 12.8. The summed E-state index contributed by atoms with van der Waals surface area (Å²) < 4.78 is 18.7. The average molecular weight is 270 g/mol. The van der Waals surface area contributed by atoms with E-state index in [1.54, 1.807) is 6.07 Å². The Kier molecular flexibility index (Phi) is 3.28. The van der Waals surface area contributed by atoms with E-state index in [2.05, 4.69) is 0 Å². The van der Waals surface area contributed by atoms with Crippen LogP contribution >= 0.6 is 0 Å². The predicted molar refractivity (Wildman–Crippen MR) is 76.0 cm³/mol. The molecule has 0 radical (unpaired) electrons. The Balaban J connectivity index is 1.86. The van der Waals surface area contributed by atoms with Gasteiger partial charge in [0.25, 0.3) is 0 Å². The van der Waals surface area contributed by atoms with Crippen LogP contribution in [-0.2, 0) is 6.42 Å². The Bertz CT molecular complexity index is 713. The van der Waals surface area contributed by atoms with Crippen molar-refractivity contribution in [1.82, 2.24) is 0 Å². The molecule has 3 rings (SSSR count). The molecule has 0 aliphatic carbocycles. The van der Waals surface area contributed by atoms with Crippen molar-refractivity contribution < 1.29 is 13.9 Å². The maximum atomic E-state index is 13.1. The highest BCUT2D eigenvalue weighted by molar-refractivity contribution is 5.77. The van der Waals surface area contributed by atoms with Gasteiger partial charge in [0.15, 0.2) is 0 Å². The molecule has 3 aromatic rings. The van der Waals surface area contributed by atoms with Gasteiger partial charge in [-0.25, -0.2) is 4.39 Å². The highest BCUT2D eigenvalue weighted by Gasteiger charge is 2.15. The van der Waals surface area contributed by atoms with Crippen LogP contribution in [0.4, 0.5) is 4.39 Å². The third-order valence-corrected chi connectivity index (χ3v) is 3.49. The summed E-state index contributed by atoms with van der Waals surface area (Å²) in [4.78, 5) is 0. The molecule has 0 saturated heterocycles. The van der Waals surface area contributed by atoms with Crippen LogP contribution in [0.1, 0.15) is 23.0 Å². The van der Waals surface area contributed by atoms with Crippen molar-refractivity contribution in [2.24, 2.45) is 0 Å². The molecule has 3 heteroatoms. The summed E-state index contributed by atoms with van der Waals surface area (Å²) >= 11 is 0. The molecule has 1 heterocycles. The van der Waals surface area contributed by atoms with E-state index in [0.717, 1.165) is 22.1 Å². The number of furan rings is 1. The average Bonchev–Trinajstić information content (AvgIpc) is 2.86. The van der Waals surface area contributed by atoms with Crippen LogP contribution in [0.2, 0.25) is 0 Å². The number of halogens is 1. The van der Waals surface area contributed by atoms with E-state index in [-0.39, 0.29) is 5.82 Å². The van der Waals surface area contributed by atoms with Gasteiger partial charge < -0.3 is 9.52 Å². The number of benzene rings is 2. The van der Waals surface area contributed by atoms with Gasteiger partial charge in [-0.2, -0.15) is 0 Å². The van der Waals surface area contributed by atoms with Crippen LogP contribution in [0.15, 0.2) is 52.9 Å². The number of aryl methyl sites for hydroxylation is 1. The van der Waals surface area contributed by atoms with E-state index in [9.17, 15) is 9.50 Å². The fourth-order valence-corrected chi connectivity index (χ4v) is 2.36. The number of fused-ring (bicyclic) bond motifs is 1. The van der Waals surface area contributed by atoms with Crippen LogP contribution in [0.25, 0.3) is 11.0 Å². The molecular formula is C17H15FO2. The number of rotatable bonds is 3. The van der Waals surface area contributed by atoms with Gasteiger partial charge in [-0.15, -0.1) is 0 Å². The molecule has 1 unspecified atom stereocenters. The minimum atomic E-state index is -0.730. The molecule has 1 atom stereocenters. The van der Waals surface area contributed by atoms with E-state index >= 15 is 0 Å². The molecule has 0 spiro atoms. The second kappa shape index (κ2) is 5.10. The van der Waals surface area contributed by atoms with Gasteiger partial charge in [0, 0.05) is 11.8 Å². The number of aliphatic hydroxyl groups is 1. The molecule has 0 saturated carbocycles. The Hall–Kier alpha value is -2.13. The molecule has 2 aromatic carbocycles. The fraction of sp³-hybridized carbons (Fsp3) is 0.176. The van der Waals surface area contributed by atoms with Gasteiger partial charge in [0.05, 0.1) is 0 Å². The third kappa shape index (κ3) is 2.45. The molecule has 0 fully saturated rings. The summed E-state index contributed by atoms with van der Waals surface area (Å²) in [5, 5.41) is 11.3. The molecule has 2 nitrogen and oxygen atoms in total. The van der Waals surface area contributed by atoms with Gasteiger partial charge in [-0.1, -0.05) is 24.3 Å². The first-order valence-electron chi connectivity index (χ1n) is 6.55. The second-order valence-corrected chi connectivity index (χ2v) is 4.98. The standard InChI is InChI=1S/C17H15FO2/c1-11-8-14(18)7-6-12(11)9-15(19)17-10-13-4-2-3-5-16(13)20-17/h2-8,10,15,19H,9H2,1H3. The number of aliphatic hydroxyl groups excluding tert-OH is 1. The molecule has 0 bridgehead atoms. The van der Waals surface area contributed by atoms with E-state index in [0.29, 0.717) is 12.2 Å². The lowest BCUT2D eigenvalue weighted by atomic mass is 10.0. The van der Waals surface area contributed by atoms with Crippen LogP contribution < -0.4 is 0 Å². The molecule has 1 N–H and O–H groups in total. The van der Waals surface area contributed by atoms with E-state index < -0.39 is 6.10 Å². The highest BCUT2D eigenvalue weighted by atomic mass is 19.1. The highest BCUT2D eigenvalue weighted by Crippen LogP contribution is 2.26. The van der Waals surface area contributed by atoms with Crippen molar-refractivity contribution in [3.8, 4) is 0 Å². The molecule has 20 heavy (non-hydrogen) atoms. The third-order valence-electron chi connectivity index (χ3n) is 3.49. The zero-order valence-electron chi connectivity index (χ0n) is 11.1. The molecule has 0 amide bonds. The van der Waals surface area contributed by atoms with Crippen LogP contribution in [0.5, 0.6) is 0 Å². The molecule has 0 aliphatic rings. The van der Waals surface area contributed by atoms with E-state index in [4.69, 9.17) is 4.42 Å². The van der Waals surface area contributed by atoms with Gasteiger partial charge in [-0.3, -0.25) is 0 Å². The first-order valence-corrected chi connectivity index (χ1v) is 6.55. The number of para-hydroxylation sites is 1. The first kappa shape index (κ1) is 12.9. The van der Waals surface area contributed by atoms with Crippen molar-refractivity contribution in [2.45, 2.75) is 19.4 Å².